The van der Waals surface area contributed by atoms with E-state index in [-0.39, 0.29) is 5.91 Å². The van der Waals surface area contributed by atoms with Gasteiger partial charge in [-0.3, -0.25) is 4.79 Å². The Kier molecular flexibility index (Phi) is 4.01. The van der Waals surface area contributed by atoms with E-state index >= 15 is 0 Å². The Balaban J connectivity index is 1.96. The molecule has 94 valence electrons. The Morgan fingerprint density at radius 1 is 1.71 bits per heavy atom. The molecule has 0 aromatic carbocycles. The van der Waals surface area contributed by atoms with Crippen molar-refractivity contribution < 1.29 is 4.79 Å². The van der Waals surface area contributed by atoms with Crippen molar-refractivity contribution >= 4 is 17.7 Å². The van der Waals surface area contributed by atoms with Gasteiger partial charge in [0.25, 0.3) is 5.91 Å². The Morgan fingerprint density at radius 2 is 2.47 bits per heavy atom. The van der Waals surface area contributed by atoms with Crippen molar-refractivity contribution in [2.24, 2.45) is 0 Å². The average Bonchev–Trinajstić information content (AvgIpc) is 2.71. The number of nitrogens with zero attached hydrogens (tertiary/aromatic N) is 4. The van der Waals surface area contributed by atoms with Crippen LogP contribution < -0.4 is 5.32 Å². The van der Waals surface area contributed by atoms with Crippen molar-refractivity contribution in [1.29, 1.82) is 0 Å². The van der Waals surface area contributed by atoms with Gasteiger partial charge < -0.3 is 10.2 Å². The number of hydrogen-bond acceptors (Lipinski definition) is 5. The number of aromatic nitrogens is 3. The van der Waals surface area contributed by atoms with Gasteiger partial charge in [0, 0.05) is 32.4 Å². The van der Waals surface area contributed by atoms with Gasteiger partial charge in [0.15, 0.2) is 5.69 Å². The maximum absolute atomic E-state index is 12.0. The molecule has 1 saturated heterocycles. The van der Waals surface area contributed by atoms with E-state index in [1.54, 1.807) is 34.6 Å². The van der Waals surface area contributed by atoms with Gasteiger partial charge in [-0.2, -0.15) is 11.8 Å². The first kappa shape index (κ1) is 12.4. The Hall–Kier alpha value is -1.08. The summed E-state index contributed by atoms with van der Waals surface area (Å²) in [6, 6.07) is 0.348. The minimum Gasteiger partial charge on any atom is -0.339 e. The van der Waals surface area contributed by atoms with E-state index in [2.05, 4.69) is 15.6 Å². The van der Waals surface area contributed by atoms with E-state index in [1.807, 2.05) is 6.26 Å². The highest BCUT2D eigenvalue weighted by Crippen LogP contribution is 2.10. The Labute approximate surface area is 105 Å². The van der Waals surface area contributed by atoms with Gasteiger partial charge >= 0.3 is 0 Å². The molecule has 1 aliphatic heterocycles. The minimum absolute atomic E-state index is 0.0578. The lowest BCUT2D eigenvalue weighted by Gasteiger charge is -2.26. The summed E-state index contributed by atoms with van der Waals surface area (Å²) in [6.45, 7) is 2.54. The second kappa shape index (κ2) is 5.50. The van der Waals surface area contributed by atoms with Gasteiger partial charge in [0.2, 0.25) is 0 Å². The van der Waals surface area contributed by atoms with Gasteiger partial charge in [0.05, 0.1) is 12.2 Å². The molecule has 6 nitrogen and oxygen atoms in total. The number of thioether (sulfide) groups is 1. The van der Waals surface area contributed by atoms with Crippen LogP contribution in [0.3, 0.4) is 0 Å². The summed E-state index contributed by atoms with van der Waals surface area (Å²) in [5, 5.41) is 11.1. The molecule has 0 atom stereocenters. The van der Waals surface area contributed by atoms with Crippen molar-refractivity contribution in [2.75, 3.05) is 38.7 Å². The summed E-state index contributed by atoms with van der Waals surface area (Å²) in [4.78, 5) is 13.7. The Bertz CT molecular complexity index is 390. The van der Waals surface area contributed by atoms with Crippen LogP contribution >= 0.6 is 11.8 Å². The first-order valence-corrected chi connectivity index (χ1v) is 6.98. The molecule has 17 heavy (non-hydrogen) atoms. The van der Waals surface area contributed by atoms with Crippen molar-refractivity contribution in [1.82, 2.24) is 25.2 Å². The van der Waals surface area contributed by atoms with Crippen molar-refractivity contribution in [2.45, 2.75) is 6.04 Å². The SMILES string of the molecule is CSCCN(C)C(=O)c1cn(C2CNC2)nn1. The first-order valence-electron chi connectivity index (χ1n) is 5.59. The number of rotatable bonds is 5. The summed E-state index contributed by atoms with van der Waals surface area (Å²) in [6.07, 6.45) is 3.77. The normalized spacial score (nSPS) is 15.6. The highest BCUT2D eigenvalue weighted by atomic mass is 32.2. The summed E-state index contributed by atoms with van der Waals surface area (Å²) >= 11 is 1.72. The summed E-state index contributed by atoms with van der Waals surface area (Å²) < 4.78 is 1.77. The van der Waals surface area contributed by atoms with Crippen LogP contribution in [0.5, 0.6) is 0 Å². The predicted molar refractivity (Wildman–Crippen MR) is 67.3 cm³/mol. The molecule has 0 unspecified atom stereocenters. The molecule has 1 aromatic rings. The zero-order chi connectivity index (χ0) is 12.3. The third-order valence-corrected chi connectivity index (χ3v) is 3.43. The van der Waals surface area contributed by atoms with Gasteiger partial charge in [-0.1, -0.05) is 5.21 Å². The van der Waals surface area contributed by atoms with Crippen LogP contribution in [0.4, 0.5) is 0 Å². The van der Waals surface area contributed by atoms with E-state index < -0.39 is 0 Å². The molecule has 1 amide bonds. The molecule has 2 rings (SSSR count). The number of amides is 1. The van der Waals surface area contributed by atoms with Crippen molar-refractivity contribution in [3.05, 3.63) is 11.9 Å². The molecular weight excluding hydrogens is 238 g/mol. The third-order valence-electron chi connectivity index (χ3n) is 2.84. The number of nitrogens with one attached hydrogen (secondary N) is 1. The van der Waals surface area contributed by atoms with Crippen LogP contribution in [0.1, 0.15) is 16.5 Å². The first-order chi connectivity index (χ1) is 8.22. The van der Waals surface area contributed by atoms with E-state index in [9.17, 15) is 4.79 Å². The standard InChI is InChI=1S/C10H17N5OS/c1-14(3-4-17-2)10(16)9-7-15(13-12-9)8-5-11-6-8/h7-8,11H,3-6H2,1-2H3. The van der Waals surface area contributed by atoms with Crippen LogP contribution in [-0.4, -0.2) is 64.5 Å². The van der Waals surface area contributed by atoms with Gasteiger partial charge in [-0.15, -0.1) is 5.10 Å². The molecule has 1 fully saturated rings. The molecule has 0 bridgehead atoms. The van der Waals surface area contributed by atoms with Gasteiger partial charge in [-0.05, 0) is 6.26 Å². The van der Waals surface area contributed by atoms with Crippen LogP contribution in [0.2, 0.25) is 0 Å². The maximum atomic E-state index is 12.0. The van der Waals surface area contributed by atoms with E-state index in [1.165, 1.54) is 0 Å². The molecular formula is C10H17N5OS. The number of carbonyl (C=O) groups is 1. The minimum atomic E-state index is -0.0578. The zero-order valence-electron chi connectivity index (χ0n) is 10.1. The van der Waals surface area contributed by atoms with Gasteiger partial charge in [-0.25, -0.2) is 4.68 Å². The largest absolute Gasteiger partial charge is 0.339 e. The van der Waals surface area contributed by atoms with Crippen LogP contribution in [-0.2, 0) is 0 Å². The lowest BCUT2D eigenvalue weighted by Crippen LogP contribution is -2.43. The molecule has 1 aromatic heterocycles. The number of carbonyl (C=O) groups excluding carboxylic acids is 1. The molecule has 0 spiro atoms. The molecule has 7 heteroatoms. The van der Waals surface area contributed by atoms with E-state index in [4.69, 9.17) is 0 Å². The molecule has 0 radical (unpaired) electrons. The van der Waals surface area contributed by atoms with Gasteiger partial charge in [0.1, 0.15) is 0 Å². The fourth-order valence-corrected chi connectivity index (χ4v) is 2.00. The van der Waals surface area contributed by atoms with Crippen molar-refractivity contribution in [3.8, 4) is 0 Å². The maximum Gasteiger partial charge on any atom is 0.275 e. The van der Waals surface area contributed by atoms with Crippen LogP contribution in [0.25, 0.3) is 0 Å². The predicted octanol–water partition coefficient (Wildman–Crippen LogP) is -0.143. The fraction of sp³-hybridized carbons (Fsp3) is 0.700. The number of hydrogen-bond donors (Lipinski definition) is 1. The lowest BCUT2D eigenvalue weighted by molar-refractivity contribution is 0.0798. The smallest absolute Gasteiger partial charge is 0.275 e. The third kappa shape index (κ3) is 2.78. The monoisotopic (exact) mass is 255 g/mol. The lowest BCUT2D eigenvalue weighted by atomic mass is 10.2. The topological polar surface area (TPSA) is 63.1 Å². The summed E-state index contributed by atoms with van der Waals surface area (Å²) in [5.74, 6) is 0.876. The quantitative estimate of drug-likeness (QED) is 0.793. The highest BCUT2D eigenvalue weighted by molar-refractivity contribution is 7.98. The van der Waals surface area contributed by atoms with Crippen molar-refractivity contribution in [3.63, 3.8) is 0 Å². The van der Waals surface area contributed by atoms with Crippen LogP contribution in [0, 0.1) is 0 Å². The molecule has 0 aliphatic carbocycles. The zero-order valence-corrected chi connectivity index (χ0v) is 10.9. The molecule has 2 heterocycles. The highest BCUT2D eigenvalue weighted by Gasteiger charge is 2.22. The fourth-order valence-electron chi connectivity index (χ4n) is 1.54. The van der Waals surface area contributed by atoms with E-state index in [0.717, 1.165) is 25.4 Å². The molecule has 1 aliphatic rings. The average molecular weight is 255 g/mol. The second-order valence-corrected chi connectivity index (χ2v) is 5.10. The summed E-state index contributed by atoms with van der Waals surface area (Å²) in [7, 11) is 1.79. The molecule has 1 N–H and O–H groups in total. The van der Waals surface area contributed by atoms with E-state index in [0.29, 0.717) is 11.7 Å². The second-order valence-electron chi connectivity index (χ2n) is 4.12. The summed E-state index contributed by atoms with van der Waals surface area (Å²) in [5.41, 5.74) is 0.431. The Morgan fingerprint density at radius 3 is 3.06 bits per heavy atom. The van der Waals surface area contributed by atoms with Crippen LogP contribution in [0.15, 0.2) is 6.20 Å². The molecule has 0 saturated carbocycles.